The Labute approximate surface area is 188 Å². The molecule has 2 aromatic carbocycles. The van der Waals surface area contributed by atoms with E-state index in [1.54, 1.807) is 17.0 Å². The summed E-state index contributed by atoms with van der Waals surface area (Å²) >= 11 is 3.55. The van der Waals surface area contributed by atoms with Crippen molar-refractivity contribution < 1.29 is 14.3 Å². The maximum atomic E-state index is 12.8. The summed E-state index contributed by atoms with van der Waals surface area (Å²) in [5.74, 6) is 0.373. The Morgan fingerprint density at radius 1 is 1.28 bits per heavy atom. The van der Waals surface area contributed by atoms with E-state index in [9.17, 15) is 9.59 Å². The van der Waals surface area contributed by atoms with E-state index in [-0.39, 0.29) is 18.2 Å². The highest BCUT2D eigenvalue weighted by Gasteiger charge is 2.35. The lowest BCUT2D eigenvalue weighted by atomic mass is 10.2. The molecule has 2 aromatic rings. The van der Waals surface area contributed by atoms with E-state index in [1.807, 2.05) is 50.2 Å². The maximum Gasteiger partial charge on any atom is 0.238 e. The molecule has 1 saturated heterocycles. The Balaban J connectivity index is 1.77. The van der Waals surface area contributed by atoms with Crippen molar-refractivity contribution in [2.45, 2.75) is 25.5 Å². The first-order chi connectivity index (χ1) is 14.0. The van der Waals surface area contributed by atoms with Gasteiger partial charge in [0.05, 0.1) is 12.3 Å². The summed E-state index contributed by atoms with van der Waals surface area (Å²) in [5, 5.41) is 2.90. The molecule has 1 unspecified atom stereocenters. The van der Waals surface area contributed by atoms with Crippen molar-refractivity contribution in [2.75, 3.05) is 18.5 Å². The highest BCUT2D eigenvalue weighted by atomic mass is 127. The third-order valence-corrected chi connectivity index (χ3v) is 6.12. The normalized spacial score (nSPS) is 18.0. The predicted octanol–water partition coefficient (Wildman–Crippen LogP) is 4.67. The molecule has 0 bridgehead atoms. The van der Waals surface area contributed by atoms with Gasteiger partial charge in [-0.1, -0.05) is 17.8 Å². The largest absolute Gasteiger partial charge is 0.494 e. The SMILES string of the molecule is CCOc1cccc(NC(=O)C2CC(=O)N(CC)C(=Nc3ccc(I)cc3)S2)c1. The third-order valence-electron chi connectivity index (χ3n) is 4.21. The molecule has 29 heavy (non-hydrogen) atoms. The van der Waals surface area contributed by atoms with Crippen LogP contribution in [0, 0.1) is 3.57 Å². The minimum atomic E-state index is -0.538. The zero-order valence-corrected chi connectivity index (χ0v) is 19.2. The van der Waals surface area contributed by atoms with Gasteiger partial charge >= 0.3 is 0 Å². The number of halogens is 1. The standard InChI is InChI=1S/C21H22IN3O3S/c1-3-25-19(26)13-18(29-21(25)24-15-10-8-14(22)9-11-15)20(27)23-16-6-5-7-17(12-16)28-4-2/h5-12,18H,3-4,13H2,1-2H3,(H,23,27). The molecule has 0 aromatic heterocycles. The van der Waals surface area contributed by atoms with Crippen LogP contribution in [-0.2, 0) is 9.59 Å². The molecule has 1 atom stereocenters. The van der Waals surface area contributed by atoms with Crippen LogP contribution in [0.15, 0.2) is 53.5 Å². The number of anilines is 1. The summed E-state index contributed by atoms with van der Waals surface area (Å²) in [6.07, 6.45) is 0.140. The molecule has 0 radical (unpaired) electrons. The van der Waals surface area contributed by atoms with Crippen molar-refractivity contribution in [2.24, 2.45) is 4.99 Å². The molecule has 2 amide bonds. The summed E-state index contributed by atoms with van der Waals surface area (Å²) in [6.45, 7) is 4.88. The number of amidine groups is 1. The summed E-state index contributed by atoms with van der Waals surface area (Å²) in [4.78, 5) is 31.7. The number of carbonyl (C=O) groups is 2. The molecule has 6 nitrogen and oxygen atoms in total. The second-order valence-electron chi connectivity index (χ2n) is 6.27. The van der Waals surface area contributed by atoms with Gasteiger partial charge in [-0.25, -0.2) is 4.99 Å². The van der Waals surface area contributed by atoms with Crippen LogP contribution in [0.1, 0.15) is 20.3 Å². The summed E-state index contributed by atoms with van der Waals surface area (Å²) in [6, 6.07) is 14.9. The number of rotatable bonds is 6. The first-order valence-electron chi connectivity index (χ1n) is 9.35. The average molecular weight is 523 g/mol. The van der Waals surface area contributed by atoms with E-state index in [1.165, 1.54) is 11.8 Å². The predicted molar refractivity (Wildman–Crippen MR) is 126 cm³/mol. The Kier molecular flexibility index (Phi) is 7.54. The second-order valence-corrected chi connectivity index (χ2v) is 8.69. The molecular formula is C21H22IN3O3S. The lowest BCUT2D eigenvalue weighted by molar-refractivity contribution is -0.129. The Morgan fingerprint density at radius 3 is 2.72 bits per heavy atom. The third kappa shape index (κ3) is 5.72. The number of benzene rings is 2. The van der Waals surface area contributed by atoms with Crippen molar-refractivity contribution >= 4 is 62.7 Å². The molecule has 1 aliphatic heterocycles. The minimum absolute atomic E-state index is 0.0984. The van der Waals surface area contributed by atoms with Gasteiger partial charge in [-0.2, -0.15) is 0 Å². The summed E-state index contributed by atoms with van der Waals surface area (Å²) < 4.78 is 6.58. The molecule has 1 fully saturated rings. The fourth-order valence-electron chi connectivity index (χ4n) is 2.83. The first-order valence-corrected chi connectivity index (χ1v) is 11.3. The monoisotopic (exact) mass is 523 g/mol. The van der Waals surface area contributed by atoms with Gasteiger partial charge in [0.2, 0.25) is 11.8 Å². The molecule has 152 valence electrons. The minimum Gasteiger partial charge on any atom is -0.494 e. The van der Waals surface area contributed by atoms with Crippen molar-refractivity contribution in [1.29, 1.82) is 0 Å². The zero-order chi connectivity index (χ0) is 20.8. The van der Waals surface area contributed by atoms with E-state index < -0.39 is 5.25 Å². The van der Waals surface area contributed by atoms with E-state index in [0.29, 0.717) is 29.8 Å². The molecule has 3 rings (SSSR count). The van der Waals surface area contributed by atoms with E-state index in [4.69, 9.17) is 4.74 Å². The van der Waals surface area contributed by atoms with Crippen LogP contribution in [0.3, 0.4) is 0 Å². The molecule has 1 N–H and O–H groups in total. The number of ether oxygens (including phenoxy) is 1. The number of nitrogens with zero attached hydrogens (tertiary/aromatic N) is 2. The van der Waals surface area contributed by atoms with Gasteiger partial charge in [0.25, 0.3) is 0 Å². The Hall–Kier alpha value is -2.07. The van der Waals surface area contributed by atoms with Crippen LogP contribution < -0.4 is 10.1 Å². The highest BCUT2D eigenvalue weighted by molar-refractivity contribution is 14.1. The van der Waals surface area contributed by atoms with Crippen molar-refractivity contribution in [1.82, 2.24) is 4.90 Å². The molecule has 1 heterocycles. The van der Waals surface area contributed by atoms with Crippen LogP contribution in [0.25, 0.3) is 0 Å². The Morgan fingerprint density at radius 2 is 2.03 bits per heavy atom. The Bertz CT molecular complexity index is 918. The second kappa shape index (κ2) is 10.1. The molecule has 0 saturated carbocycles. The summed E-state index contributed by atoms with van der Waals surface area (Å²) in [5.41, 5.74) is 1.40. The number of carbonyl (C=O) groups excluding carboxylic acids is 2. The number of aliphatic imine (C=N–C) groups is 1. The molecule has 0 spiro atoms. The molecule has 8 heteroatoms. The van der Waals surface area contributed by atoms with Crippen molar-refractivity contribution in [3.63, 3.8) is 0 Å². The van der Waals surface area contributed by atoms with Crippen molar-refractivity contribution in [3.05, 3.63) is 52.1 Å². The lowest BCUT2D eigenvalue weighted by Crippen LogP contribution is -2.45. The highest BCUT2D eigenvalue weighted by Crippen LogP contribution is 2.30. The quantitative estimate of drug-likeness (QED) is 0.559. The van der Waals surface area contributed by atoms with Crippen molar-refractivity contribution in [3.8, 4) is 5.75 Å². The van der Waals surface area contributed by atoms with Gasteiger partial charge in [-0.15, -0.1) is 0 Å². The molecule has 1 aliphatic rings. The van der Waals surface area contributed by atoms with Gasteiger partial charge in [0, 0.05) is 28.3 Å². The number of amides is 2. The number of nitrogens with one attached hydrogen (secondary N) is 1. The van der Waals surface area contributed by atoms with E-state index >= 15 is 0 Å². The van der Waals surface area contributed by atoms with Crippen LogP contribution in [0.2, 0.25) is 0 Å². The van der Waals surface area contributed by atoms with Crippen LogP contribution in [0.4, 0.5) is 11.4 Å². The fraction of sp³-hybridized carbons (Fsp3) is 0.286. The maximum absolute atomic E-state index is 12.8. The first kappa shape index (κ1) is 21.6. The van der Waals surface area contributed by atoms with Gasteiger partial charge in [0.1, 0.15) is 11.0 Å². The van der Waals surface area contributed by atoms with Gasteiger partial charge in [-0.3, -0.25) is 14.5 Å². The van der Waals surface area contributed by atoms with Gasteiger partial charge in [0.15, 0.2) is 5.17 Å². The number of hydrogen-bond acceptors (Lipinski definition) is 5. The van der Waals surface area contributed by atoms with Crippen LogP contribution >= 0.6 is 34.4 Å². The van der Waals surface area contributed by atoms with E-state index in [0.717, 1.165) is 9.26 Å². The molecule has 0 aliphatic carbocycles. The van der Waals surface area contributed by atoms with Gasteiger partial charge in [-0.05, 0) is 72.8 Å². The lowest BCUT2D eigenvalue weighted by Gasteiger charge is -2.30. The smallest absolute Gasteiger partial charge is 0.238 e. The van der Waals surface area contributed by atoms with Gasteiger partial charge < -0.3 is 10.1 Å². The molecular weight excluding hydrogens is 501 g/mol. The van der Waals surface area contributed by atoms with Crippen LogP contribution in [0.5, 0.6) is 5.75 Å². The topological polar surface area (TPSA) is 71.0 Å². The van der Waals surface area contributed by atoms with E-state index in [2.05, 4.69) is 32.9 Å². The number of hydrogen-bond donors (Lipinski definition) is 1. The fourth-order valence-corrected chi connectivity index (χ4v) is 4.35. The number of thioether (sulfide) groups is 1. The summed E-state index contributed by atoms with van der Waals surface area (Å²) in [7, 11) is 0. The zero-order valence-electron chi connectivity index (χ0n) is 16.2. The van der Waals surface area contributed by atoms with Crippen LogP contribution in [-0.4, -0.2) is 40.3 Å². The average Bonchev–Trinajstić information content (AvgIpc) is 2.70.